The molecule has 36 heavy (non-hydrogen) atoms. The minimum atomic E-state index is -1.13. The fraction of sp³-hybridized carbons (Fsp3) is 0.269. The average Bonchev–Trinajstić information content (AvgIpc) is 3.27. The molecule has 0 saturated heterocycles. The van der Waals surface area contributed by atoms with Gasteiger partial charge in [-0.2, -0.15) is 0 Å². The molecule has 1 heterocycles. The number of hydrogen-bond acceptors (Lipinski definition) is 5. The zero-order chi connectivity index (χ0) is 26.1. The highest BCUT2D eigenvalue weighted by molar-refractivity contribution is 6.26. The number of aromatic amines is 1. The number of aromatic nitrogens is 1. The van der Waals surface area contributed by atoms with E-state index in [2.05, 4.69) is 20.9 Å². The second-order valence-corrected chi connectivity index (χ2v) is 8.34. The first-order chi connectivity index (χ1) is 17.3. The van der Waals surface area contributed by atoms with Gasteiger partial charge in [-0.1, -0.05) is 36.4 Å². The summed E-state index contributed by atoms with van der Waals surface area (Å²) >= 11 is 0. The van der Waals surface area contributed by atoms with Gasteiger partial charge in [-0.25, -0.2) is 4.39 Å². The third-order valence-electron chi connectivity index (χ3n) is 5.68. The lowest BCUT2D eigenvalue weighted by Gasteiger charge is -2.23. The Bertz CT molecular complexity index is 1270. The predicted molar refractivity (Wildman–Crippen MR) is 133 cm³/mol. The van der Waals surface area contributed by atoms with Gasteiger partial charge in [0.15, 0.2) is 5.78 Å². The first kappa shape index (κ1) is 26.3. The van der Waals surface area contributed by atoms with E-state index >= 15 is 0 Å². The van der Waals surface area contributed by atoms with Crippen LogP contribution in [-0.2, 0) is 32.1 Å². The Morgan fingerprint density at radius 3 is 2.42 bits per heavy atom. The van der Waals surface area contributed by atoms with Crippen LogP contribution in [-0.4, -0.2) is 46.8 Å². The van der Waals surface area contributed by atoms with Crippen molar-refractivity contribution < 1.29 is 23.6 Å². The molecule has 5 N–H and O–H groups in total. The number of nitrogens with one attached hydrogen (secondary N) is 5. The molecular formula is C26H28FN5O4. The van der Waals surface area contributed by atoms with E-state index in [0.29, 0.717) is 6.21 Å². The van der Waals surface area contributed by atoms with Crippen LogP contribution in [0.5, 0.6) is 0 Å². The Labute approximate surface area is 207 Å². The Kier molecular flexibility index (Phi) is 9.04. The van der Waals surface area contributed by atoms with Gasteiger partial charge in [-0.3, -0.25) is 19.2 Å². The van der Waals surface area contributed by atoms with E-state index in [0.717, 1.165) is 16.5 Å². The minimum Gasteiger partial charge on any atom is -0.361 e. The van der Waals surface area contributed by atoms with Crippen LogP contribution >= 0.6 is 0 Å². The lowest BCUT2D eigenvalue weighted by Crippen LogP contribution is -2.54. The molecule has 3 aromatic rings. The van der Waals surface area contributed by atoms with Gasteiger partial charge in [0.2, 0.25) is 17.7 Å². The van der Waals surface area contributed by atoms with Crippen molar-refractivity contribution in [3.05, 3.63) is 71.7 Å². The Morgan fingerprint density at radius 2 is 1.69 bits per heavy atom. The molecule has 0 spiro atoms. The highest BCUT2D eigenvalue weighted by Crippen LogP contribution is 2.19. The number of para-hydroxylation sites is 1. The van der Waals surface area contributed by atoms with E-state index in [1.165, 1.54) is 25.1 Å². The SMILES string of the molecule is CC(=O)N[C@@H](Cc1c[nH]c2ccccc12)C(=O)N[C@@H](CCC(=O)C=N)C(=O)NCc1ccccc1F. The van der Waals surface area contributed by atoms with Crippen LogP contribution in [0.3, 0.4) is 0 Å². The standard InChI is InChI=1S/C26H28FN5O4/c1-16(33)31-24(12-18-15-29-22-9-5-3-7-20(18)22)26(36)32-23(11-10-19(34)13-28)25(35)30-14-17-6-2-4-8-21(17)27/h2-9,13,15,23-24,28-29H,10-12,14H2,1H3,(H,30,35)(H,31,33)(H,32,36)/t23-,24-/m0/s1. The van der Waals surface area contributed by atoms with Crippen LogP contribution < -0.4 is 16.0 Å². The van der Waals surface area contributed by atoms with Crippen molar-refractivity contribution in [1.29, 1.82) is 5.41 Å². The molecule has 9 nitrogen and oxygen atoms in total. The normalized spacial score (nSPS) is 12.4. The monoisotopic (exact) mass is 493 g/mol. The molecule has 10 heteroatoms. The molecule has 0 aliphatic heterocycles. The maximum absolute atomic E-state index is 13.9. The number of H-pyrrole nitrogens is 1. The van der Waals surface area contributed by atoms with Gasteiger partial charge in [0.05, 0.1) is 6.21 Å². The molecule has 188 valence electrons. The van der Waals surface area contributed by atoms with Crippen LogP contribution in [0, 0.1) is 11.2 Å². The molecule has 0 fully saturated rings. The molecule has 3 amide bonds. The maximum Gasteiger partial charge on any atom is 0.243 e. The van der Waals surface area contributed by atoms with Crippen LogP contribution in [0.2, 0.25) is 0 Å². The van der Waals surface area contributed by atoms with Crippen molar-refractivity contribution in [3.63, 3.8) is 0 Å². The largest absolute Gasteiger partial charge is 0.361 e. The van der Waals surface area contributed by atoms with E-state index in [1.807, 2.05) is 24.3 Å². The first-order valence-electron chi connectivity index (χ1n) is 11.5. The summed E-state index contributed by atoms with van der Waals surface area (Å²) in [5.41, 5.74) is 1.95. The van der Waals surface area contributed by atoms with Gasteiger partial charge >= 0.3 is 0 Å². The van der Waals surface area contributed by atoms with E-state index in [-0.39, 0.29) is 31.4 Å². The molecule has 0 radical (unpaired) electrons. The van der Waals surface area contributed by atoms with E-state index in [9.17, 15) is 23.6 Å². The number of ketones is 1. The number of carbonyl (C=O) groups is 4. The van der Waals surface area contributed by atoms with Gasteiger partial charge in [-0.15, -0.1) is 0 Å². The van der Waals surface area contributed by atoms with Crippen LogP contribution in [0.1, 0.15) is 30.9 Å². The highest BCUT2D eigenvalue weighted by atomic mass is 19.1. The summed E-state index contributed by atoms with van der Waals surface area (Å²) in [6.07, 6.45) is 2.36. The third kappa shape index (κ3) is 7.08. The summed E-state index contributed by atoms with van der Waals surface area (Å²) in [5, 5.41) is 15.8. The number of hydrogen-bond donors (Lipinski definition) is 5. The zero-order valence-corrected chi connectivity index (χ0v) is 19.8. The summed E-state index contributed by atoms with van der Waals surface area (Å²) in [7, 11) is 0. The Hall–Kier alpha value is -4.34. The fourth-order valence-corrected chi connectivity index (χ4v) is 3.82. The molecule has 0 unspecified atom stereocenters. The molecule has 0 aliphatic carbocycles. The molecular weight excluding hydrogens is 465 g/mol. The molecule has 3 rings (SSSR count). The second kappa shape index (κ2) is 12.4. The number of carbonyl (C=O) groups excluding carboxylic acids is 4. The predicted octanol–water partition coefficient (Wildman–Crippen LogP) is 2.15. The number of amides is 3. The van der Waals surface area contributed by atoms with Crippen molar-refractivity contribution in [1.82, 2.24) is 20.9 Å². The zero-order valence-electron chi connectivity index (χ0n) is 19.8. The van der Waals surface area contributed by atoms with Crippen molar-refractivity contribution in [2.45, 2.75) is 44.8 Å². The molecule has 0 aliphatic rings. The number of rotatable bonds is 12. The number of benzene rings is 2. The summed E-state index contributed by atoms with van der Waals surface area (Å²) in [6.45, 7) is 1.18. The molecule has 0 saturated carbocycles. The van der Waals surface area contributed by atoms with E-state index in [1.54, 1.807) is 12.3 Å². The van der Waals surface area contributed by atoms with E-state index < -0.39 is 41.4 Å². The topological polar surface area (TPSA) is 144 Å². The summed E-state index contributed by atoms with van der Waals surface area (Å²) < 4.78 is 13.9. The Balaban J connectivity index is 1.75. The third-order valence-corrected chi connectivity index (χ3v) is 5.68. The fourth-order valence-electron chi connectivity index (χ4n) is 3.82. The number of halogens is 1. The molecule has 2 atom stereocenters. The first-order valence-corrected chi connectivity index (χ1v) is 11.5. The second-order valence-electron chi connectivity index (χ2n) is 8.34. The Morgan fingerprint density at radius 1 is 0.972 bits per heavy atom. The van der Waals surface area contributed by atoms with Gasteiger partial charge in [0.1, 0.15) is 17.9 Å². The van der Waals surface area contributed by atoms with Gasteiger partial charge in [-0.05, 0) is 24.1 Å². The van der Waals surface area contributed by atoms with Gasteiger partial charge < -0.3 is 26.3 Å². The lowest BCUT2D eigenvalue weighted by atomic mass is 10.0. The molecule has 1 aromatic heterocycles. The smallest absolute Gasteiger partial charge is 0.243 e. The van der Waals surface area contributed by atoms with E-state index in [4.69, 9.17) is 5.41 Å². The summed E-state index contributed by atoms with van der Waals surface area (Å²) in [6, 6.07) is 11.4. The maximum atomic E-state index is 13.9. The van der Waals surface area contributed by atoms with Crippen LogP contribution in [0.25, 0.3) is 10.9 Å². The molecule has 2 aromatic carbocycles. The number of Topliss-reactive ketones (excluding diaryl/α,β-unsaturated/α-hetero) is 1. The number of fused-ring (bicyclic) bond motifs is 1. The average molecular weight is 494 g/mol. The van der Waals surface area contributed by atoms with Crippen LogP contribution in [0.4, 0.5) is 4.39 Å². The van der Waals surface area contributed by atoms with Crippen molar-refractivity contribution in [2.75, 3.05) is 0 Å². The highest BCUT2D eigenvalue weighted by Gasteiger charge is 2.27. The van der Waals surface area contributed by atoms with Gasteiger partial charge in [0, 0.05) is 49.0 Å². The molecule has 0 bridgehead atoms. The summed E-state index contributed by atoms with van der Waals surface area (Å²) in [5.74, 6) is -2.63. The van der Waals surface area contributed by atoms with Gasteiger partial charge in [0.25, 0.3) is 0 Å². The van der Waals surface area contributed by atoms with Crippen molar-refractivity contribution in [2.24, 2.45) is 0 Å². The van der Waals surface area contributed by atoms with Crippen molar-refractivity contribution in [3.8, 4) is 0 Å². The minimum absolute atomic E-state index is 0.0665. The lowest BCUT2D eigenvalue weighted by molar-refractivity contribution is -0.132. The van der Waals surface area contributed by atoms with Crippen molar-refractivity contribution >= 4 is 40.6 Å². The van der Waals surface area contributed by atoms with Crippen LogP contribution in [0.15, 0.2) is 54.7 Å². The quantitative estimate of drug-likeness (QED) is 0.246. The summed E-state index contributed by atoms with van der Waals surface area (Å²) in [4.78, 5) is 52.7.